The van der Waals surface area contributed by atoms with E-state index >= 15 is 0 Å². The highest BCUT2D eigenvalue weighted by Crippen LogP contribution is 2.42. The first-order chi connectivity index (χ1) is 15.5. The number of aryl methyl sites for hydroxylation is 1. The van der Waals surface area contributed by atoms with Gasteiger partial charge in [0, 0.05) is 50.8 Å². The van der Waals surface area contributed by atoms with Crippen molar-refractivity contribution in [2.75, 3.05) is 6.73 Å². The van der Waals surface area contributed by atoms with Crippen molar-refractivity contribution in [1.29, 1.82) is 0 Å². The van der Waals surface area contributed by atoms with E-state index in [0.29, 0.717) is 17.7 Å². The van der Waals surface area contributed by atoms with E-state index in [1.807, 2.05) is 60.2 Å². The molecule has 0 spiro atoms. The monoisotopic (exact) mass is 493 g/mol. The Hall–Kier alpha value is -3.20. The molecule has 2 aromatic carbocycles. The molecule has 8 heteroatoms. The van der Waals surface area contributed by atoms with Gasteiger partial charge in [0.2, 0.25) is 0 Å². The van der Waals surface area contributed by atoms with Crippen molar-refractivity contribution in [2.45, 2.75) is 20.2 Å². The first kappa shape index (κ1) is 20.7. The number of nitrogens with zero attached hydrogens (tertiary/aromatic N) is 3. The van der Waals surface area contributed by atoms with Gasteiger partial charge in [0.05, 0.1) is 16.7 Å². The molecule has 0 radical (unpaired) electrons. The second-order valence-electron chi connectivity index (χ2n) is 7.57. The largest absolute Gasteiger partial charge is 0.376 e. The van der Waals surface area contributed by atoms with Crippen LogP contribution in [0.2, 0.25) is 0 Å². The highest BCUT2D eigenvalue weighted by Gasteiger charge is 2.41. The molecule has 0 fully saturated rings. The van der Waals surface area contributed by atoms with Crippen LogP contribution in [0.1, 0.15) is 18.1 Å². The first-order valence-corrected chi connectivity index (χ1v) is 11.0. The quantitative estimate of drug-likeness (QED) is 0.416. The lowest BCUT2D eigenvalue weighted by Gasteiger charge is -2.10. The molecule has 32 heavy (non-hydrogen) atoms. The number of hydrogen-bond donors (Lipinski definition) is 2. The predicted octanol–water partition coefficient (Wildman–Crippen LogP) is 3.56. The van der Waals surface area contributed by atoms with E-state index in [1.54, 1.807) is 10.8 Å². The molecule has 162 valence electrons. The Morgan fingerprint density at radius 2 is 1.44 bits per heavy atom. The number of para-hydroxylation sites is 2. The number of carbonyl (C=O) groups is 2. The minimum absolute atomic E-state index is 0.221. The highest BCUT2D eigenvalue weighted by atomic mass is 79.9. The summed E-state index contributed by atoms with van der Waals surface area (Å²) < 4.78 is 4.41. The summed E-state index contributed by atoms with van der Waals surface area (Å²) in [7, 11) is 0. The summed E-state index contributed by atoms with van der Waals surface area (Å²) in [4.78, 5) is 27.6. The highest BCUT2D eigenvalue weighted by molar-refractivity contribution is 9.10. The van der Waals surface area contributed by atoms with Gasteiger partial charge in [-0.1, -0.05) is 30.3 Å². The van der Waals surface area contributed by atoms with E-state index in [9.17, 15) is 19.8 Å². The van der Waals surface area contributed by atoms with Gasteiger partial charge in [0.25, 0.3) is 11.8 Å². The second kappa shape index (κ2) is 7.74. The SMILES string of the molecule is CCn1cc(C2=C(c3cn(CO)c4c(Br)cccc34)C(=O)N(CO)C2=O)c2ccccc21. The smallest absolute Gasteiger partial charge is 0.264 e. The fourth-order valence-electron chi connectivity index (χ4n) is 4.54. The van der Waals surface area contributed by atoms with Gasteiger partial charge in [-0.2, -0.15) is 0 Å². The van der Waals surface area contributed by atoms with Crippen molar-refractivity contribution in [3.8, 4) is 0 Å². The van der Waals surface area contributed by atoms with Gasteiger partial charge >= 0.3 is 0 Å². The zero-order chi connectivity index (χ0) is 22.6. The fraction of sp³-hybridized carbons (Fsp3) is 0.167. The van der Waals surface area contributed by atoms with Crippen molar-refractivity contribution in [3.63, 3.8) is 0 Å². The van der Waals surface area contributed by atoms with Gasteiger partial charge in [0.15, 0.2) is 0 Å². The Bertz CT molecular complexity index is 1450. The number of hydrogen-bond acceptors (Lipinski definition) is 4. The Kier molecular flexibility index (Phi) is 5.00. The maximum atomic E-state index is 13.4. The number of halogens is 1. The molecule has 3 heterocycles. The van der Waals surface area contributed by atoms with Crippen LogP contribution in [0.3, 0.4) is 0 Å². The molecular weight excluding hydrogens is 474 g/mol. The van der Waals surface area contributed by atoms with Crippen molar-refractivity contribution >= 4 is 60.7 Å². The second-order valence-corrected chi connectivity index (χ2v) is 8.42. The Morgan fingerprint density at radius 3 is 2.09 bits per heavy atom. The zero-order valence-electron chi connectivity index (χ0n) is 17.2. The topological polar surface area (TPSA) is 87.7 Å². The number of fused-ring (bicyclic) bond motifs is 2. The van der Waals surface area contributed by atoms with Crippen LogP contribution >= 0.6 is 15.9 Å². The predicted molar refractivity (Wildman–Crippen MR) is 125 cm³/mol. The molecule has 0 atom stereocenters. The molecule has 0 unspecified atom stereocenters. The molecule has 2 amide bonds. The zero-order valence-corrected chi connectivity index (χ0v) is 18.8. The number of amides is 2. The molecule has 2 aromatic heterocycles. The van der Waals surface area contributed by atoms with Crippen LogP contribution in [0.4, 0.5) is 0 Å². The number of rotatable bonds is 5. The fourth-order valence-corrected chi connectivity index (χ4v) is 5.13. The van der Waals surface area contributed by atoms with E-state index in [2.05, 4.69) is 15.9 Å². The average Bonchev–Trinajstić information content (AvgIpc) is 3.43. The van der Waals surface area contributed by atoms with Crippen LogP contribution in [0.25, 0.3) is 33.0 Å². The number of benzene rings is 2. The molecular formula is C24H20BrN3O4. The molecule has 0 bridgehead atoms. The molecule has 1 aliphatic rings. The number of carbonyl (C=O) groups excluding carboxylic acids is 2. The summed E-state index contributed by atoms with van der Waals surface area (Å²) in [5.74, 6) is -1.09. The number of imide groups is 1. The van der Waals surface area contributed by atoms with E-state index in [-0.39, 0.29) is 17.9 Å². The third-order valence-electron chi connectivity index (χ3n) is 5.98. The molecule has 2 N–H and O–H groups in total. The molecule has 7 nitrogen and oxygen atoms in total. The van der Waals surface area contributed by atoms with Crippen LogP contribution in [-0.4, -0.2) is 42.8 Å². The summed E-state index contributed by atoms with van der Waals surface area (Å²) in [5.41, 5.74) is 3.33. The molecule has 5 rings (SSSR count). The van der Waals surface area contributed by atoms with E-state index < -0.39 is 18.5 Å². The Balaban J connectivity index is 1.89. The molecule has 1 aliphatic heterocycles. The van der Waals surface area contributed by atoms with Crippen LogP contribution in [0, 0.1) is 0 Å². The number of aliphatic hydroxyl groups is 2. The molecule has 4 aromatic rings. The van der Waals surface area contributed by atoms with Crippen LogP contribution in [0.5, 0.6) is 0 Å². The van der Waals surface area contributed by atoms with Crippen molar-refractivity contribution in [3.05, 3.63) is 70.5 Å². The standard InChI is InChI=1S/C24H20BrN3O4/c1-2-26-10-16(14-6-3-4-9-19(14)26)20-21(24(32)28(13-30)23(20)31)17-11-27(12-29)22-15(17)7-5-8-18(22)25/h3-11,29-30H,2,12-13H2,1H3. The average molecular weight is 494 g/mol. The number of aliphatic hydroxyl groups excluding tert-OH is 2. The van der Waals surface area contributed by atoms with E-state index in [0.717, 1.165) is 31.2 Å². The normalized spacial score (nSPS) is 14.6. The lowest BCUT2D eigenvalue weighted by molar-refractivity contribution is -0.139. The lowest BCUT2D eigenvalue weighted by atomic mass is 9.95. The van der Waals surface area contributed by atoms with Crippen molar-refractivity contribution < 1.29 is 19.8 Å². The third-order valence-corrected chi connectivity index (χ3v) is 6.62. The van der Waals surface area contributed by atoms with Gasteiger partial charge in [-0.3, -0.25) is 14.5 Å². The van der Waals surface area contributed by atoms with E-state index in [1.165, 1.54) is 0 Å². The van der Waals surface area contributed by atoms with Crippen molar-refractivity contribution in [2.24, 2.45) is 0 Å². The Morgan fingerprint density at radius 1 is 0.812 bits per heavy atom. The first-order valence-electron chi connectivity index (χ1n) is 10.2. The Labute approximate surface area is 191 Å². The van der Waals surface area contributed by atoms with Gasteiger partial charge in [0.1, 0.15) is 13.5 Å². The number of aromatic nitrogens is 2. The summed E-state index contributed by atoms with van der Waals surface area (Å²) in [5, 5.41) is 21.3. The molecule has 0 saturated carbocycles. The maximum absolute atomic E-state index is 13.4. The minimum Gasteiger partial charge on any atom is -0.376 e. The third kappa shape index (κ3) is 2.80. The molecule has 0 saturated heterocycles. The van der Waals surface area contributed by atoms with Crippen LogP contribution in [-0.2, 0) is 22.9 Å². The van der Waals surface area contributed by atoms with Crippen molar-refractivity contribution in [1.82, 2.24) is 14.0 Å². The lowest BCUT2D eigenvalue weighted by Crippen LogP contribution is -2.32. The maximum Gasteiger partial charge on any atom is 0.264 e. The van der Waals surface area contributed by atoms with Gasteiger partial charge < -0.3 is 19.3 Å². The van der Waals surface area contributed by atoms with Gasteiger partial charge in [-0.25, -0.2) is 0 Å². The summed E-state index contributed by atoms with van der Waals surface area (Å²) in [6, 6.07) is 13.3. The summed E-state index contributed by atoms with van der Waals surface area (Å²) >= 11 is 3.51. The van der Waals surface area contributed by atoms with Gasteiger partial charge in [-0.05, 0) is 35.0 Å². The van der Waals surface area contributed by atoms with E-state index in [4.69, 9.17) is 0 Å². The van der Waals surface area contributed by atoms with Crippen LogP contribution in [0.15, 0.2) is 59.3 Å². The summed E-state index contributed by atoms with van der Waals surface area (Å²) in [6.07, 6.45) is 3.56. The van der Waals surface area contributed by atoms with Gasteiger partial charge in [-0.15, -0.1) is 0 Å². The summed E-state index contributed by atoms with van der Waals surface area (Å²) in [6.45, 7) is 1.72. The molecule has 0 aliphatic carbocycles. The van der Waals surface area contributed by atoms with Crippen LogP contribution < -0.4 is 0 Å². The minimum atomic E-state index is -0.709.